The van der Waals surface area contributed by atoms with Crippen molar-refractivity contribution in [1.82, 2.24) is 5.32 Å². The van der Waals surface area contributed by atoms with Crippen LogP contribution in [-0.4, -0.2) is 45.7 Å². The van der Waals surface area contributed by atoms with Gasteiger partial charge >= 0.3 is 0 Å². The minimum absolute atomic E-state index is 0.0237. The number of sulfone groups is 1. The van der Waals surface area contributed by atoms with E-state index in [9.17, 15) is 8.42 Å². The SMILES string of the molecule is CC1OCCC1NCC1(CS(C)(=O)=O)CC1. The summed E-state index contributed by atoms with van der Waals surface area (Å²) in [5.41, 5.74) is 0.0237. The van der Waals surface area contributed by atoms with Crippen LogP contribution >= 0.6 is 0 Å². The molecular weight excluding hydrogens is 226 g/mol. The Morgan fingerprint density at radius 3 is 2.56 bits per heavy atom. The molecule has 2 rings (SSSR count). The van der Waals surface area contributed by atoms with Crippen molar-refractivity contribution in [3.63, 3.8) is 0 Å². The molecule has 2 fully saturated rings. The van der Waals surface area contributed by atoms with Crippen molar-refractivity contribution in [1.29, 1.82) is 0 Å². The van der Waals surface area contributed by atoms with E-state index in [-0.39, 0.29) is 11.5 Å². The zero-order valence-electron chi connectivity index (χ0n) is 10.0. The van der Waals surface area contributed by atoms with Crippen LogP contribution in [-0.2, 0) is 14.6 Å². The molecule has 1 N–H and O–H groups in total. The highest BCUT2D eigenvalue weighted by Crippen LogP contribution is 2.46. The van der Waals surface area contributed by atoms with Gasteiger partial charge in [-0.15, -0.1) is 0 Å². The van der Waals surface area contributed by atoms with Crippen LogP contribution in [0.3, 0.4) is 0 Å². The molecule has 2 aliphatic rings. The second-order valence-corrected chi connectivity index (χ2v) is 7.56. The fourth-order valence-corrected chi connectivity index (χ4v) is 3.96. The number of hydrogen-bond acceptors (Lipinski definition) is 4. The molecule has 1 heterocycles. The van der Waals surface area contributed by atoms with Gasteiger partial charge in [0.1, 0.15) is 9.84 Å². The highest BCUT2D eigenvalue weighted by Gasteiger charge is 2.45. The Bertz CT molecular complexity index is 348. The van der Waals surface area contributed by atoms with Crippen LogP contribution in [0.4, 0.5) is 0 Å². The predicted molar refractivity (Wildman–Crippen MR) is 63.2 cm³/mol. The van der Waals surface area contributed by atoms with Gasteiger partial charge in [0.15, 0.2) is 0 Å². The lowest BCUT2D eigenvalue weighted by Gasteiger charge is -2.20. The molecule has 16 heavy (non-hydrogen) atoms. The van der Waals surface area contributed by atoms with Crippen molar-refractivity contribution in [2.24, 2.45) is 5.41 Å². The third-order valence-corrected chi connectivity index (χ3v) is 4.78. The number of rotatable bonds is 5. The molecule has 0 aromatic rings. The Morgan fingerprint density at radius 1 is 1.44 bits per heavy atom. The summed E-state index contributed by atoms with van der Waals surface area (Å²) < 4.78 is 28.1. The molecule has 1 aliphatic heterocycles. The number of nitrogens with one attached hydrogen (secondary N) is 1. The molecule has 1 saturated heterocycles. The topological polar surface area (TPSA) is 55.4 Å². The molecular formula is C11H21NO3S. The second kappa shape index (κ2) is 4.27. The van der Waals surface area contributed by atoms with E-state index in [4.69, 9.17) is 4.74 Å². The monoisotopic (exact) mass is 247 g/mol. The lowest BCUT2D eigenvalue weighted by Crippen LogP contribution is -2.40. The van der Waals surface area contributed by atoms with Crippen LogP contribution < -0.4 is 5.32 Å². The van der Waals surface area contributed by atoms with E-state index in [0.717, 1.165) is 32.4 Å². The third kappa shape index (κ3) is 3.18. The Labute approximate surface area is 97.7 Å². The van der Waals surface area contributed by atoms with Gasteiger partial charge in [-0.05, 0) is 31.6 Å². The molecule has 2 unspecified atom stereocenters. The summed E-state index contributed by atoms with van der Waals surface area (Å²) in [5.74, 6) is 0.328. The smallest absolute Gasteiger partial charge is 0.148 e. The Kier molecular flexibility index (Phi) is 3.29. The fourth-order valence-electron chi connectivity index (χ4n) is 2.45. The van der Waals surface area contributed by atoms with E-state index in [2.05, 4.69) is 12.2 Å². The molecule has 1 aliphatic carbocycles. The van der Waals surface area contributed by atoms with Crippen molar-refractivity contribution < 1.29 is 13.2 Å². The van der Waals surface area contributed by atoms with Gasteiger partial charge in [-0.2, -0.15) is 0 Å². The summed E-state index contributed by atoms with van der Waals surface area (Å²) in [6.07, 6.45) is 4.70. The van der Waals surface area contributed by atoms with E-state index in [1.54, 1.807) is 0 Å². The van der Waals surface area contributed by atoms with Gasteiger partial charge in [-0.1, -0.05) is 0 Å². The summed E-state index contributed by atoms with van der Waals surface area (Å²) in [5, 5.41) is 3.47. The maximum Gasteiger partial charge on any atom is 0.148 e. The van der Waals surface area contributed by atoms with Crippen molar-refractivity contribution in [2.75, 3.05) is 25.2 Å². The highest BCUT2D eigenvalue weighted by molar-refractivity contribution is 7.90. The molecule has 0 bridgehead atoms. The molecule has 94 valence electrons. The van der Waals surface area contributed by atoms with Crippen molar-refractivity contribution in [2.45, 2.75) is 38.3 Å². The lowest BCUT2D eigenvalue weighted by atomic mass is 10.1. The molecule has 0 radical (unpaired) electrons. The van der Waals surface area contributed by atoms with Crippen LogP contribution in [0.15, 0.2) is 0 Å². The largest absolute Gasteiger partial charge is 0.377 e. The van der Waals surface area contributed by atoms with E-state index in [1.807, 2.05) is 0 Å². The first-order valence-electron chi connectivity index (χ1n) is 5.93. The third-order valence-electron chi connectivity index (χ3n) is 3.64. The number of ether oxygens (including phenoxy) is 1. The van der Waals surface area contributed by atoms with Gasteiger partial charge in [0, 0.05) is 25.4 Å². The zero-order valence-corrected chi connectivity index (χ0v) is 10.8. The summed E-state index contributed by atoms with van der Waals surface area (Å²) in [4.78, 5) is 0. The van der Waals surface area contributed by atoms with Crippen molar-refractivity contribution in [3.05, 3.63) is 0 Å². The molecule has 0 spiro atoms. The fraction of sp³-hybridized carbons (Fsp3) is 1.00. The first kappa shape index (κ1) is 12.3. The molecule has 0 amide bonds. The Hall–Kier alpha value is -0.130. The van der Waals surface area contributed by atoms with Gasteiger partial charge < -0.3 is 10.1 Å². The Morgan fingerprint density at radius 2 is 2.12 bits per heavy atom. The molecule has 5 heteroatoms. The lowest BCUT2D eigenvalue weighted by molar-refractivity contribution is 0.112. The van der Waals surface area contributed by atoms with Crippen LogP contribution in [0.1, 0.15) is 26.2 Å². The molecule has 0 aromatic heterocycles. The van der Waals surface area contributed by atoms with E-state index in [1.165, 1.54) is 6.26 Å². The first-order chi connectivity index (χ1) is 7.40. The number of hydrogen-bond donors (Lipinski definition) is 1. The Balaban J connectivity index is 1.81. The van der Waals surface area contributed by atoms with E-state index in [0.29, 0.717) is 11.8 Å². The van der Waals surface area contributed by atoms with Gasteiger partial charge in [-0.25, -0.2) is 8.42 Å². The van der Waals surface area contributed by atoms with E-state index >= 15 is 0 Å². The van der Waals surface area contributed by atoms with Gasteiger partial charge in [0.2, 0.25) is 0 Å². The highest BCUT2D eigenvalue weighted by atomic mass is 32.2. The van der Waals surface area contributed by atoms with Crippen LogP contribution in [0.25, 0.3) is 0 Å². The first-order valence-corrected chi connectivity index (χ1v) is 7.99. The van der Waals surface area contributed by atoms with Crippen molar-refractivity contribution in [3.8, 4) is 0 Å². The van der Waals surface area contributed by atoms with Crippen LogP contribution in [0.5, 0.6) is 0 Å². The zero-order chi connectivity index (χ0) is 11.8. The normalized spacial score (nSPS) is 32.9. The molecule has 2 atom stereocenters. The quantitative estimate of drug-likeness (QED) is 0.772. The van der Waals surface area contributed by atoms with Crippen LogP contribution in [0.2, 0.25) is 0 Å². The maximum absolute atomic E-state index is 11.3. The van der Waals surface area contributed by atoms with Gasteiger partial charge in [0.25, 0.3) is 0 Å². The summed E-state index contributed by atoms with van der Waals surface area (Å²) >= 11 is 0. The summed E-state index contributed by atoms with van der Waals surface area (Å²) in [6, 6.07) is 0.400. The summed E-state index contributed by atoms with van der Waals surface area (Å²) in [6.45, 7) is 3.71. The minimum Gasteiger partial charge on any atom is -0.377 e. The maximum atomic E-state index is 11.3. The minimum atomic E-state index is -2.85. The second-order valence-electron chi connectivity index (χ2n) is 5.42. The average molecular weight is 247 g/mol. The van der Waals surface area contributed by atoms with E-state index < -0.39 is 9.84 Å². The van der Waals surface area contributed by atoms with Crippen LogP contribution in [0, 0.1) is 5.41 Å². The standard InChI is InChI=1S/C11H21NO3S/c1-9-10(3-6-15-9)12-7-11(4-5-11)8-16(2,13)14/h9-10,12H,3-8H2,1-2H3. The molecule has 0 aromatic carbocycles. The summed E-state index contributed by atoms with van der Waals surface area (Å²) in [7, 11) is -2.85. The predicted octanol–water partition coefficient (Wildman–Crippen LogP) is 0.578. The average Bonchev–Trinajstić information content (AvgIpc) is 2.75. The molecule has 4 nitrogen and oxygen atoms in total. The van der Waals surface area contributed by atoms with Gasteiger partial charge in [-0.3, -0.25) is 0 Å². The molecule has 1 saturated carbocycles. The van der Waals surface area contributed by atoms with Crippen molar-refractivity contribution >= 4 is 9.84 Å². The van der Waals surface area contributed by atoms with Gasteiger partial charge in [0.05, 0.1) is 11.9 Å².